The van der Waals surface area contributed by atoms with E-state index in [4.69, 9.17) is 5.73 Å². The highest BCUT2D eigenvalue weighted by Gasteiger charge is 2.32. The van der Waals surface area contributed by atoms with E-state index < -0.39 is 29.9 Å². The molecule has 0 radical (unpaired) electrons. The summed E-state index contributed by atoms with van der Waals surface area (Å²) < 4.78 is 43.9. The van der Waals surface area contributed by atoms with Crippen molar-refractivity contribution in [1.29, 1.82) is 0 Å². The number of amides is 2. The van der Waals surface area contributed by atoms with Gasteiger partial charge in [0.05, 0.1) is 23.0 Å². The number of benzene rings is 3. The van der Waals surface area contributed by atoms with Crippen LogP contribution in [0.5, 0.6) is 0 Å². The molecule has 244 valence electrons. The van der Waals surface area contributed by atoms with Gasteiger partial charge < -0.3 is 31.4 Å². The van der Waals surface area contributed by atoms with Crippen LogP contribution in [0.1, 0.15) is 39.0 Å². The molecule has 3 heterocycles. The number of nitrogens with zero attached hydrogens (tertiary/aromatic N) is 5. The molecular weight excluding hydrogens is 627 g/mol. The Kier molecular flexibility index (Phi) is 8.39. The van der Waals surface area contributed by atoms with Crippen LogP contribution in [0, 0.1) is 13.8 Å². The molecule has 0 aliphatic carbocycles. The van der Waals surface area contributed by atoms with E-state index in [0.717, 1.165) is 12.1 Å². The first-order chi connectivity index (χ1) is 22.9. The number of alkyl halides is 3. The molecule has 6 aromatic rings. The van der Waals surface area contributed by atoms with Crippen molar-refractivity contribution in [2.24, 2.45) is 5.73 Å². The van der Waals surface area contributed by atoms with Crippen LogP contribution in [-0.2, 0) is 6.18 Å². The standard InChI is InChI=1S/C33H28F3N9O3/c1-18-6-7-24(42-31(47)21-10-22(33(34,35)36)13-25(12-21)44-15-19(2)40-17-44)14-27(18)43-32(48)45-9-8-26-29(38-16-39-30(26)45)41-23-5-3-4-20(11-23)28(37)46/h3-17,28,46H,37H2,1-2H3,(H,42,47)(H,43,48)(H,38,39,41). The molecule has 0 fully saturated rings. The molecule has 0 bridgehead atoms. The average molecular weight is 656 g/mol. The fraction of sp³-hybridized carbons (Fsp3) is 0.121. The first-order valence-electron chi connectivity index (χ1n) is 14.4. The monoisotopic (exact) mass is 655 g/mol. The van der Waals surface area contributed by atoms with Crippen molar-refractivity contribution in [3.8, 4) is 5.69 Å². The van der Waals surface area contributed by atoms with Gasteiger partial charge in [-0.3, -0.25) is 9.36 Å². The zero-order chi connectivity index (χ0) is 34.2. The summed E-state index contributed by atoms with van der Waals surface area (Å²) >= 11 is 0. The molecule has 0 saturated heterocycles. The third-order valence-electron chi connectivity index (χ3n) is 7.45. The van der Waals surface area contributed by atoms with Gasteiger partial charge in [-0.05, 0) is 73.5 Å². The smallest absolute Gasteiger partial charge is 0.375 e. The predicted molar refractivity (Wildman–Crippen MR) is 173 cm³/mol. The molecule has 12 nitrogen and oxygen atoms in total. The number of aliphatic hydroxyl groups is 1. The first kappa shape index (κ1) is 31.9. The van der Waals surface area contributed by atoms with Gasteiger partial charge >= 0.3 is 12.2 Å². The van der Waals surface area contributed by atoms with Crippen molar-refractivity contribution in [2.75, 3.05) is 16.0 Å². The normalized spacial score (nSPS) is 12.1. The van der Waals surface area contributed by atoms with Crippen LogP contribution in [0.15, 0.2) is 91.8 Å². The summed E-state index contributed by atoms with van der Waals surface area (Å²) in [4.78, 5) is 39.2. The van der Waals surface area contributed by atoms with Gasteiger partial charge in [0.2, 0.25) is 0 Å². The maximum absolute atomic E-state index is 13.7. The molecule has 3 aromatic heterocycles. The fourth-order valence-corrected chi connectivity index (χ4v) is 4.98. The molecule has 48 heavy (non-hydrogen) atoms. The summed E-state index contributed by atoms with van der Waals surface area (Å²) in [7, 11) is 0. The number of aliphatic hydroxyl groups excluding tert-OH is 1. The third kappa shape index (κ3) is 6.72. The summed E-state index contributed by atoms with van der Waals surface area (Å²) in [6.07, 6.45) is -0.102. The fourth-order valence-electron chi connectivity index (χ4n) is 4.98. The van der Waals surface area contributed by atoms with Gasteiger partial charge in [0.15, 0.2) is 5.65 Å². The van der Waals surface area contributed by atoms with Crippen LogP contribution in [0.25, 0.3) is 16.7 Å². The summed E-state index contributed by atoms with van der Waals surface area (Å²) in [5.41, 5.74) is 7.76. The van der Waals surface area contributed by atoms with E-state index >= 15 is 0 Å². The molecule has 15 heteroatoms. The molecule has 0 spiro atoms. The molecule has 2 amide bonds. The summed E-state index contributed by atoms with van der Waals surface area (Å²) in [6.45, 7) is 3.45. The molecule has 0 aliphatic rings. The molecule has 3 aromatic carbocycles. The van der Waals surface area contributed by atoms with E-state index in [1.165, 1.54) is 40.1 Å². The van der Waals surface area contributed by atoms with Crippen molar-refractivity contribution in [3.05, 3.63) is 120 Å². The zero-order valence-corrected chi connectivity index (χ0v) is 25.4. The number of carbonyl (C=O) groups excluding carboxylic acids is 2. The number of rotatable bonds is 7. The topological polar surface area (TPSA) is 165 Å². The van der Waals surface area contributed by atoms with Gasteiger partial charge in [-0.2, -0.15) is 13.2 Å². The Morgan fingerprint density at radius 1 is 0.938 bits per heavy atom. The highest BCUT2D eigenvalue weighted by Crippen LogP contribution is 2.32. The predicted octanol–water partition coefficient (Wildman–Crippen LogP) is 6.28. The lowest BCUT2D eigenvalue weighted by Crippen LogP contribution is -2.20. The number of anilines is 4. The zero-order valence-electron chi connectivity index (χ0n) is 25.4. The Labute approximate surface area is 271 Å². The SMILES string of the molecule is Cc1cn(-c2cc(C(=O)Nc3ccc(C)c(NC(=O)n4ccc5c(Nc6cccc(C(N)O)c6)ncnc54)c3)cc(C(F)(F)F)c2)cn1. The Balaban J connectivity index is 1.22. The van der Waals surface area contributed by atoms with Crippen LogP contribution >= 0.6 is 0 Å². The number of hydrogen-bond donors (Lipinski definition) is 5. The first-order valence-corrected chi connectivity index (χ1v) is 14.4. The number of imidazole rings is 1. The minimum atomic E-state index is -4.69. The van der Waals surface area contributed by atoms with E-state index in [1.54, 1.807) is 62.5 Å². The molecule has 1 atom stereocenters. The lowest BCUT2D eigenvalue weighted by atomic mass is 10.1. The lowest BCUT2D eigenvalue weighted by Gasteiger charge is -2.14. The van der Waals surface area contributed by atoms with Crippen LogP contribution in [0.3, 0.4) is 0 Å². The van der Waals surface area contributed by atoms with E-state index in [-0.39, 0.29) is 16.9 Å². The van der Waals surface area contributed by atoms with Crippen molar-refractivity contribution >= 4 is 45.9 Å². The van der Waals surface area contributed by atoms with E-state index in [9.17, 15) is 27.9 Å². The number of halogens is 3. The van der Waals surface area contributed by atoms with Crippen LogP contribution in [-0.4, -0.2) is 41.1 Å². The van der Waals surface area contributed by atoms with Crippen LogP contribution < -0.4 is 21.7 Å². The lowest BCUT2D eigenvalue weighted by molar-refractivity contribution is -0.137. The van der Waals surface area contributed by atoms with Crippen molar-refractivity contribution in [3.63, 3.8) is 0 Å². The number of nitrogens with two attached hydrogens (primary N) is 1. The van der Waals surface area contributed by atoms with Crippen LogP contribution in [0.4, 0.5) is 40.8 Å². The minimum Gasteiger partial charge on any atom is -0.375 e. The molecule has 0 aliphatic heterocycles. The van der Waals surface area contributed by atoms with Crippen molar-refractivity contribution in [2.45, 2.75) is 26.3 Å². The van der Waals surface area contributed by atoms with Gasteiger partial charge in [0.25, 0.3) is 5.91 Å². The van der Waals surface area contributed by atoms with E-state index in [2.05, 4.69) is 30.9 Å². The quantitative estimate of drug-likeness (QED) is 0.125. The second-order valence-electron chi connectivity index (χ2n) is 10.9. The molecule has 1 unspecified atom stereocenters. The average Bonchev–Trinajstić information content (AvgIpc) is 3.69. The van der Waals surface area contributed by atoms with Crippen molar-refractivity contribution < 1.29 is 27.9 Å². The van der Waals surface area contributed by atoms with Crippen LogP contribution in [0.2, 0.25) is 0 Å². The van der Waals surface area contributed by atoms with Gasteiger partial charge in [0.1, 0.15) is 18.4 Å². The number of fused-ring (bicyclic) bond motifs is 1. The summed E-state index contributed by atoms with van der Waals surface area (Å²) in [5.74, 6) is -0.364. The van der Waals surface area contributed by atoms with Gasteiger partial charge in [-0.1, -0.05) is 18.2 Å². The number of carbonyl (C=O) groups is 2. The van der Waals surface area contributed by atoms with Gasteiger partial charge in [-0.25, -0.2) is 19.7 Å². The minimum absolute atomic E-state index is 0.122. The van der Waals surface area contributed by atoms with Gasteiger partial charge in [0, 0.05) is 40.7 Å². The van der Waals surface area contributed by atoms with Gasteiger partial charge in [-0.15, -0.1) is 0 Å². The summed E-state index contributed by atoms with van der Waals surface area (Å²) in [5, 5.41) is 18.8. The Morgan fingerprint density at radius 3 is 2.48 bits per heavy atom. The molecular formula is C33H28F3N9O3. The maximum Gasteiger partial charge on any atom is 0.416 e. The Hall–Kier alpha value is -6.06. The second kappa shape index (κ2) is 12.6. The Bertz CT molecular complexity index is 2170. The number of aryl methyl sites for hydroxylation is 2. The number of aromatic nitrogens is 5. The molecule has 0 saturated carbocycles. The third-order valence-corrected chi connectivity index (χ3v) is 7.45. The highest BCUT2D eigenvalue weighted by molar-refractivity contribution is 6.06. The second-order valence-corrected chi connectivity index (χ2v) is 10.9. The number of nitrogens with one attached hydrogen (secondary N) is 3. The van der Waals surface area contributed by atoms with Crippen molar-refractivity contribution in [1.82, 2.24) is 24.1 Å². The summed E-state index contributed by atoms with van der Waals surface area (Å²) in [6, 6.07) is 15.7. The maximum atomic E-state index is 13.7. The Morgan fingerprint density at radius 2 is 1.75 bits per heavy atom. The molecule has 6 rings (SSSR count). The molecule has 6 N–H and O–H groups in total. The largest absolute Gasteiger partial charge is 0.416 e. The van der Waals surface area contributed by atoms with E-state index in [1.807, 2.05) is 0 Å². The van der Waals surface area contributed by atoms with E-state index in [0.29, 0.717) is 45.0 Å². The number of hydrogen-bond acceptors (Lipinski definition) is 8. The highest BCUT2D eigenvalue weighted by atomic mass is 19.4.